The highest BCUT2D eigenvalue weighted by Crippen LogP contribution is 2.29. The van der Waals surface area contributed by atoms with Crippen molar-refractivity contribution in [2.45, 2.75) is 12.7 Å². The smallest absolute Gasteiger partial charge is 0.338 e. The molecule has 2 aromatic rings. The van der Waals surface area contributed by atoms with E-state index in [0.29, 0.717) is 5.56 Å². The molecule has 0 unspecified atom stereocenters. The predicted molar refractivity (Wildman–Crippen MR) is 90.0 cm³/mol. The maximum Gasteiger partial charge on any atom is 0.416 e. The van der Waals surface area contributed by atoms with E-state index in [1.807, 2.05) is 0 Å². The quantitative estimate of drug-likeness (QED) is 0.452. The second-order valence-electron chi connectivity index (χ2n) is 5.54. The van der Waals surface area contributed by atoms with Gasteiger partial charge in [-0.1, -0.05) is 30.3 Å². The van der Waals surface area contributed by atoms with Gasteiger partial charge in [0.05, 0.1) is 17.0 Å². The molecule has 2 rings (SSSR count). The summed E-state index contributed by atoms with van der Waals surface area (Å²) in [6, 6.07) is 10.6. The first kappa shape index (κ1) is 19.2. The summed E-state index contributed by atoms with van der Waals surface area (Å²) in [6.07, 6.45) is -2.06. The van der Waals surface area contributed by atoms with Crippen LogP contribution in [0.5, 0.6) is 0 Å². The molecule has 136 valence electrons. The van der Waals surface area contributed by atoms with E-state index in [9.17, 15) is 28.1 Å². The van der Waals surface area contributed by atoms with Crippen molar-refractivity contribution in [3.05, 3.63) is 81.4 Å². The molecule has 0 aliphatic heterocycles. The molecule has 0 aliphatic rings. The maximum absolute atomic E-state index is 12.7. The predicted octanol–water partition coefficient (Wildman–Crippen LogP) is 4.29. The lowest BCUT2D eigenvalue weighted by Crippen LogP contribution is -2.24. The lowest BCUT2D eigenvalue weighted by molar-refractivity contribution is -0.385. The first-order chi connectivity index (χ1) is 12.2. The monoisotopic (exact) mass is 364 g/mol. The number of hydrogen-bond acceptors (Lipinski definition) is 3. The second kappa shape index (κ2) is 7.81. The summed E-state index contributed by atoms with van der Waals surface area (Å²) in [7, 11) is 1.45. The van der Waals surface area contributed by atoms with E-state index in [4.69, 9.17) is 0 Å². The van der Waals surface area contributed by atoms with Crippen LogP contribution in [0.1, 0.15) is 16.7 Å². The van der Waals surface area contributed by atoms with Gasteiger partial charge >= 0.3 is 6.18 Å². The van der Waals surface area contributed by atoms with E-state index >= 15 is 0 Å². The lowest BCUT2D eigenvalue weighted by Gasteiger charge is -2.15. The number of para-hydroxylation sites is 1. The fourth-order valence-electron chi connectivity index (χ4n) is 2.27. The van der Waals surface area contributed by atoms with Crippen LogP contribution in [0.3, 0.4) is 0 Å². The molecule has 0 radical (unpaired) electrons. The van der Waals surface area contributed by atoms with E-state index in [0.717, 1.165) is 18.2 Å². The van der Waals surface area contributed by atoms with Crippen LogP contribution >= 0.6 is 0 Å². The number of rotatable bonds is 5. The van der Waals surface area contributed by atoms with Crippen molar-refractivity contribution in [3.8, 4) is 0 Å². The molecule has 0 aliphatic carbocycles. The van der Waals surface area contributed by atoms with Crippen LogP contribution in [-0.4, -0.2) is 22.8 Å². The van der Waals surface area contributed by atoms with E-state index in [2.05, 4.69) is 0 Å². The minimum Gasteiger partial charge on any atom is -0.338 e. The van der Waals surface area contributed by atoms with E-state index in [1.54, 1.807) is 12.1 Å². The fraction of sp³-hybridized carbons (Fsp3) is 0.167. The Labute approximate surface area is 147 Å². The van der Waals surface area contributed by atoms with Gasteiger partial charge in [-0.3, -0.25) is 14.9 Å². The zero-order chi connectivity index (χ0) is 19.3. The van der Waals surface area contributed by atoms with Crippen LogP contribution in [-0.2, 0) is 17.5 Å². The van der Waals surface area contributed by atoms with Gasteiger partial charge in [-0.25, -0.2) is 0 Å². The number of carbonyl (C=O) groups is 1. The molecule has 0 bridgehead atoms. The molecule has 5 nitrogen and oxygen atoms in total. The molecule has 26 heavy (non-hydrogen) atoms. The van der Waals surface area contributed by atoms with Crippen LogP contribution < -0.4 is 0 Å². The highest BCUT2D eigenvalue weighted by molar-refractivity contribution is 5.91. The van der Waals surface area contributed by atoms with Crippen LogP contribution in [0, 0.1) is 10.1 Å². The van der Waals surface area contributed by atoms with Gasteiger partial charge in [-0.2, -0.15) is 13.2 Å². The summed E-state index contributed by atoms with van der Waals surface area (Å²) in [6.45, 7) is 0.00289. The second-order valence-corrected chi connectivity index (χ2v) is 5.54. The zero-order valence-corrected chi connectivity index (χ0v) is 13.7. The number of alkyl halides is 3. The van der Waals surface area contributed by atoms with Gasteiger partial charge < -0.3 is 4.90 Å². The van der Waals surface area contributed by atoms with Gasteiger partial charge in [0, 0.05) is 24.8 Å². The number of nitro benzene ring substituents is 1. The van der Waals surface area contributed by atoms with Crippen molar-refractivity contribution < 1.29 is 22.9 Å². The number of halogens is 3. The van der Waals surface area contributed by atoms with Crippen LogP contribution in [0.15, 0.2) is 54.6 Å². The van der Waals surface area contributed by atoms with Gasteiger partial charge in [0.15, 0.2) is 0 Å². The number of carbonyl (C=O) groups excluding carboxylic acids is 1. The summed E-state index contributed by atoms with van der Waals surface area (Å²) >= 11 is 0. The number of amides is 1. The van der Waals surface area contributed by atoms with Crippen molar-refractivity contribution in [2.24, 2.45) is 0 Å². The SMILES string of the molecule is CN(Cc1ccccc1[N+](=O)[O-])C(=O)/C=C/c1cccc(C(F)(F)F)c1. The number of likely N-dealkylation sites (N-methyl/N-ethyl adjacent to an activating group) is 1. The minimum absolute atomic E-state index is 0.00289. The topological polar surface area (TPSA) is 63.4 Å². The Balaban J connectivity index is 2.10. The molecule has 0 spiro atoms. The first-order valence-corrected chi connectivity index (χ1v) is 7.51. The third-order valence-corrected chi connectivity index (χ3v) is 3.60. The summed E-state index contributed by atoms with van der Waals surface area (Å²) in [4.78, 5) is 23.8. The van der Waals surface area contributed by atoms with E-state index in [1.165, 1.54) is 42.3 Å². The molecule has 8 heteroatoms. The molecule has 2 aromatic carbocycles. The first-order valence-electron chi connectivity index (χ1n) is 7.51. The molecule has 0 saturated heterocycles. The average molecular weight is 364 g/mol. The van der Waals surface area contributed by atoms with Crippen molar-refractivity contribution in [1.82, 2.24) is 4.90 Å². The number of benzene rings is 2. The third-order valence-electron chi connectivity index (χ3n) is 3.60. The van der Waals surface area contributed by atoms with Gasteiger partial charge in [-0.15, -0.1) is 0 Å². The highest BCUT2D eigenvalue weighted by atomic mass is 19.4. The summed E-state index contributed by atoms with van der Waals surface area (Å²) in [5.74, 6) is -0.486. The molecule has 0 N–H and O–H groups in total. The molecule has 0 atom stereocenters. The van der Waals surface area contributed by atoms with E-state index < -0.39 is 22.6 Å². The number of nitro groups is 1. The standard InChI is InChI=1S/C18H15F3N2O3/c1-22(12-14-6-2-3-8-16(14)23(25)26)17(24)10-9-13-5-4-7-15(11-13)18(19,20)21/h2-11H,12H2,1H3/b10-9+. The van der Waals surface area contributed by atoms with Crippen LogP contribution in [0.4, 0.5) is 18.9 Å². The summed E-state index contributed by atoms with van der Waals surface area (Å²) in [5, 5.41) is 11.0. The Morgan fingerprint density at radius 1 is 1.19 bits per heavy atom. The van der Waals surface area contributed by atoms with Gasteiger partial charge in [0.2, 0.25) is 5.91 Å². The molecular formula is C18H15F3N2O3. The fourth-order valence-corrected chi connectivity index (χ4v) is 2.27. The molecule has 1 amide bonds. The normalized spacial score (nSPS) is 11.5. The number of nitrogens with zero attached hydrogens (tertiary/aromatic N) is 2. The van der Waals surface area contributed by atoms with Gasteiger partial charge in [0.1, 0.15) is 0 Å². The Kier molecular flexibility index (Phi) is 5.76. The third kappa shape index (κ3) is 4.92. The Bertz CT molecular complexity index is 848. The van der Waals surface area contributed by atoms with E-state index in [-0.39, 0.29) is 17.8 Å². The van der Waals surface area contributed by atoms with Crippen molar-refractivity contribution in [3.63, 3.8) is 0 Å². The molecule has 0 heterocycles. The maximum atomic E-state index is 12.7. The molecular weight excluding hydrogens is 349 g/mol. The summed E-state index contributed by atoms with van der Waals surface area (Å²) < 4.78 is 38.1. The lowest BCUT2D eigenvalue weighted by atomic mass is 10.1. The average Bonchev–Trinajstić information content (AvgIpc) is 2.59. The molecule has 0 fully saturated rings. The highest BCUT2D eigenvalue weighted by Gasteiger charge is 2.30. The Morgan fingerprint density at radius 3 is 2.54 bits per heavy atom. The van der Waals surface area contributed by atoms with Crippen molar-refractivity contribution in [2.75, 3.05) is 7.05 Å². The summed E-state index contributed by atoms with van der Waals surface area (Å²) in [5.41, 5.74) is -0.317. The Morgan fingerprint density at radius 2 is 1.88 bits per heavy atom. The van der Waals surface area contributed by atoms with Crippen molar-refractivity contribution in [1.29, 1.82) is 0 Å². The van der Waals surface area contributed by atoms with Gasteiger partial charge in [-0.05, 0) is 23.8 Å². The van der Waals surface area contributed by atoms with Crippen LogP contribution in [0.2, 0.25) is 0 Å². The zero-order valence-electron chi connectivity index (χ0n) is 13.7. The van der Waals surface area contributed by atoms with Crippen LogP contribution in [0.25, 0.3) is 6.08 Å². The largest absolute Gasteiger partial charge is 0.416 e. The number of hydrogen-bond donors (Lipinski definition) is 0. The van der Waals surface area contributed by atoms with Crippen molar-refractivity contribution >= 4 is 17.7 Å². The molecule has 0 saturated carbocycles. The Hall–Kier alpha value is -3.16. The minimum atomic E-state index is -4.46. The molecule has 0 aromatic heterocycles. The van der Waals surface area contributed by atoms with Gasteiger partial charge in [0.25, 0.3) is 5.69 Å².